The van der Waals surface area contributed by atoms with Crippen molar-refractivity contribution >= 4 is 50.5 Å². The zero-order chi connectivity index (χ0) is 21.0. The summed E-state index contributed by atoms with van der Waals surface area (Å²) in [6.07, 6.45) is 0. The van der Waals surface area contributed by atoms with Gasteiger partial charge in [-0.15, -0.1) is 0 Å². The Kier molecular flexibility index (Phi) is 6.65. The highest BCUT2D eigenvalue weighted by molar-refractivity contribution is 9.10. The molecule has 0 radical (unpaired) electrons. The number of rotatable bonds is 4. The number of nitrogens with one attached hydrogen (secondary N) is 1. The van der Waals surface area contributed by atoms with Crippen molar-refractivity contribution in [1.29, 1.82) is 0 Å². The lowest BCUT2D eigenvalue weighted by Crippen LogP contribution is -2.52. The molecule has 2 aromatic rings. The van der Waals surface area contributed by atoms with Gasteiger partial charge in [0.05, 0.1) is 18.1 Å². The first-order valence-corrected chi connectivity index (χ1v) is 10.0. The first-order chi connectivity index (χ1) is 13.9. The van der Waals surface area contributed by atoms with Gasteiger partial charge in [0.25, 0.3) is 11.6 Å². The van der Waals surface area contributed by atoms with Crippen molar-refractivity contribution < 1.29 is 14.5 Å². The third-order valence-corrected chi connectivity index (χ3v) is 5.50. The van der Waals surface area contributed by atoms with E-state index in [9.17, 15) is 14.9 Å². The molecule has 1 heterocycles. The molecule has 1 aliphatic heterocycles. The highest BCUT2D eigenvalue weighted by Gasteiger charge is 2.25. The van der Waals surface area contributed by atoms with Gasteiger partial charge in [0.2, 0.25) is 0 Å². The maximum absolute atomic E-state index is 12.3. The maximum Gasteiger partial charge on any atom is 0.296 e. The highest BCUT2D eigenvalue weighted by atomic mass is 79.9. The summed E-state index contributed by atoms with van der Waals surface area (Å²) in [5.41, 5.74) is 1.06. The molecule has 1 amide bonds. The molecule has 8 nitrogen and oxygen atoms in total. The molecule has 0 saturated carbocycles. The number of piperazine rings is 1. The SMILES string of the molecule is COc1ccc(N2CCN(C(=S)NC(=O)c3ccc(Br)cc3)CC2)c([N+](=O)[O-])c1. The number of anilines is 1. The van der Waals surface area contributed by atoms with Crippen molar-refractivity contribution in [2.24, 2.45) is 0 Å². The average Bonchev–Trinajstić information content (AvgIpc) is 2.73. The molecule has 1 N–H and O–H groups in total. The highest BCUT2D eigenvalue weighted by Crippen LogP contribution is 2.32. The number of hydrogen-bond acceptors (Lipinski definition) is 6. The van der Waals surface area contributed by atoms with Crippen LogP contribution in [0.15, 0.2) is 46.9 Å². The van der Waals surface area contributed by atoms with Gasteiger partial charge in [-0.25, -0.2) is 0 Å². The molecule has 0 atom stereocenters. The standard InChI is InChI=1S/C19H19BrN4O4S/c1-28-15-6-7-16(17(12-15)24(26)27)22-8-10-23(11-9-22)19(29)21-18(25)13-2-4-14(20)5-3-13/h2-7,12H,8-11H2,1H3,(H,21,25,29). The molecular weight excluding hydrogens is 460 g/mol. The van der Waals surface area contributed by atoms with Gasteiger partial charge in [0.1, 0.15) is 11.4 Å². The Morgan fingerprint density at radius 1 is 1.17 bits per heavy atom. The van der Waals surface area contributed by atoms with Gasteiger partial charge >= 0.3 is 0 Å². The van der Waals surface area contributed by atoms with E-state index in [-0.39, 0.29) is 11.6 Å². The minimum absolute atomic E-state index is 0.00363. The van der Waals surface area contributed by atoms with Crippen molar-refractivity contribution in [3.8, 4) is 5.75 Å². The minimum Gasteiger partial charge on any atom is -0.496 e. The summed E-state index contributed by atoms with van der Waals surface area (Å²) in [6.45, 7) is 2.17. The fourth-order valence-electron chi connectivity index (χ4n) is 3.04. The number of thiocarbonyl (C=S) groups is 1. The second-order valence-electron chi connectivity index (χ2n) is 6.35. The molecule has 1 saturated heterocycles. The van der Waals surface area contributed by atoms with Gasteiger partial charge in [0, 0.05) is 36.2 Å². The number of halogens is 1. The number of methoxy groups -OCH3 is 1. The average molecular weight is 479 g/mol. The van der Waals surface area contributed by atoms with Crippen LogP contribution in [0.2, 0.25) is 0 Å². The number of carbonyl (C=O) groups is 1. The Morgan fingerprint density at radius 3 is 2.41 bits per heavy atom. The van der Waals surface area contributed by atoms with Crippen LogP contribution >= 0.6 is 28.1 Å². The fourth-order valence-corrected chi connectivity index (χ4v) is 3.58. The second-order valence-corrected chi connectivity index (χ2v) is 7.65. The van der Waals surface area contributed by atoms with E-state index < -0.39 is 4.92 Å². The maximum atomic E-state index is 12.3. The summed E-state index contributed by atoms with van der Waals surface area (Å²) in [4.78, 5) is 27.2. The third-order valence-electron chi connectivity index (χ3n) is 4.61. The van der Waals surface area contributed by atoms with Crippen molar-refractivity contribution in [1.82, 2.24) is 10.2 Å². The van der Waals surface area contributed by atoms with E-state index in [4.69, 9.17) is 17.0 Å². The molecule has 0 aliphatic carbocycles. The molecule has 10 heteroatoms. The number of amides is 1. The van der Waals surface area contributed by atoms with E-state index in [1.165, 1.54) is 13.2 Å². The quantitative estimate of drug-likeness (QED) is 0.410. The van der Waals surface area contributed by atoms with E-state index in [0.29, 0.717) is 48.3 Å². The van der Waals surface area contributed by atoms with Crippen molar-refractivity contribution in [2.75, 3.05) is 38.2 Å². The molecule has 0 unspecified atom stereocenters. The Morgan fingerprint density at radius 2 is 1.83 bits per heavy atom. The van der Waals surface area contributed by atoms with Crippen LogP contribution in [-0.4, -0.2) is 54.1 Å². The molecule has 152 valence electrons. The normalized spacial score (nSPS) is 13.7. The number of benzene rings is 2. The number of nitro groups is 1. The zero-order valence-corrected chi connectivity index (χ0v) is 18.0. The number of ether oxygens (including phenoxy) is 1. The predicted molar refractivity (Wildman–Crippen MR) is 118 cm³/mol. The zero-order valence-electron chi connectivity index (χ0n) is 15.6. The lowest BCUT2D eigenvalue weighted by molar-refractivity contribution is -0.384. The Hall–Kier alpha value is -2.72. The fraction of sp³-hybridized carbons (Fsp3) is 0.263. The smallest absolute Gasteiger partial charge is 0.296 e. The number of hydrogen-bond donors (Lipinski definition) is 1. The first-order valence-electron chi connectivity index (χ1n) is 8.82. The van der Waals surface area contributed by atoms with Gasteiger partial charge < -0.3 is 14.5 Å². The summed E-state index contributed by atoms with van der Waals surface area (Å²) in [7, 11) is 1.47. The van der Waals surface area contributed by atoms with Crippen molar-refractivity contribution in [2.45, 2.75) is 0 Å². The molecule has 1 fully saturated rings. The van der Waals surface area contributed by atoms with Gasteiger partial charge in [0.15, 0.2) is 5.11 Å². The predicted octanol–water partition coefficient (Wildman–Crippen LogP) is 3.20. The van der Waals surface area contributed by atoms with Crippen LogP contribution in [0.3, 0.4) is 0 Å². The van der Waals surface area contributed by atoms with Gasteiger partial charge in [-0.1, -0.05) is 15.9 Å². The van der Waals surface area contributed by atoms with Crippen LogP contribution < -0.4 is 15.0 Å². The van der Waals surface area contributed by atoms with Gasteiger partial charge in [-0.2, -0.15) is 0 Å². The van der Waals surface area contributed by atoms with Crippen LogP contribution in [0.5, 0.6) is 5.75 Å². The van der Waals surface area contributed by atoms with Gasteiger partial charge in [-0.05, 0) is 48.6 Å². The monoisotopic (exact) mass is 478 g/mol. The topological polar surface area (TPSA) is 88.0 Å². The minimum atomic E-state index is -0.409. The molecule has 2 aromatic carbocycles. The summed E-state index contributed by atoms with van der Waals surface area (Å²) in [5.74, 6) is 0.173. The third kappa shape index (κ3) is 5.01. The van der Waals surface area contributed by atoms with Crippen molar-refractivity contribution in [3.05, 3.63) is 62.6 Å². The summed E-state index contributed by atoms with van der Waals surface area (Å²) >= 11 is 8.71. The number of carbonyl (C=O) groups excluding carboxylic acids is 1. The van der Waals surface area contributed by atoms with E-state index >= 15 is 0 Å². The first kappa shape index (κ1) is 21.0. The summed E-state index contributed by atoms with van der Waals surface area (Å²) in [5, 5.41) is 14.5. The largest absolute Gasteiger partial charge is 0.496 e. The molecule has 0 spiro atoms. The van der Waals surface area contributed by atoms with Gasteiger partial charge in [-0.3, -0.25) is 20.2 Å². The van der Waals surface area contributed by atoms with E-state index in [1.807, 2.05) is 9.80 Å². The van der Waals surface area contributed by atoms with E-state index in [0.717, 1.165) is 4.47 Å². The van der Waals surface area contributed by atoms with Crippen LogP contribution in [0.1, 0.15) is 10.4 Å². The van der Waals surface area contributed by atoms with Crippen LogP contribution in [0, 0.1) is 10.1 Å². The number of nitrogens with zero attached hydrogens (tertiary/aromatic N) is 3. The second kappa shape index (κ2) is 9.19. The van der Waals surface area contributed by atoms with Crippen molar-refractivity contribution in [3.63, 3.8) is 0 Å². The Bertz CT molecular complexity index is 930. The molecule has 0 aromatic heterocycles. The van der Waals surface area contributed by atoms with E-state index in [2.05, 4.69) is 21.2 Å². The van der Waals surface area contributed by atoms with Crippen LogP contribution in [0.4, 0.5) is 11.4 Å². The molecular formula is C19H19BrN4O4S. The lowest BCUT2D eigenvalue weighted by atomic mass is 10.2. The molecule has 29 heavy (non-hydrogen) atoms. The lowest BCUT2D eigenvalue weighted by Gasteiger charge is -2.37. The molecule has 1 aliphatic rings. The molecule has 3 rings (SSSR count). The number of nitro benzene ring substituents is 1. The Balaban J connectivity index is 1.61. The Labute approximate surface area is 181 Å². The van der Waals surface area contributed by atoms with E-state index in [1.54, 1.807) is 36.4 Å². The van der Waals surface area contributed by atoms with Crippen LogP contribution in [0.25, 0.3) is 0 Å². The van der Waals surface area contributed by atoms with Crippen LogP contribution in [-0.2, 0) is 0 Å². The molecule has 0 bridgehead atoms. The summed E-state index contributed by atoms with van der Waals surface area (Å²) in [6, 6.07) is 11.8. The summed E-state index contributed by atoms with van der Waals surface area (Å²) < 4.78 is 5.97.